The molecule has 0 aromatic rings. The van der Waals surface area contributed by atoms with Crippen molar-refractivity contribution in [2.75, 3.05) is 6.61 Å². The van der Waals surface area contributed by atoms with Gasteiger partial charge in [-0.2, -0.15) is 0 Å². The van der Waals surface area contributed by atoms with Crippen molar-refractivity contribution in [1.29, 1.82) is 0 Å². The van der Waals surface area contributed by atoms with Crippen molar-refractivity contribution in [2.45, 2.75) is 79.3 Å². The second kappa shape index (κ2) is 7.96. The Labute approximate surface area is 138 Å². The molecule has 1 fully saturated rings. The largest absolute Gasteiger partial charge is 0.481 e. The van der Waals surface area contributed by atoms with E-state index in [0.717, 1.165) is 13.0 Å². The molecular formula is C18H36O3Si. The molecule has 0 spiro atoms. The number of carboxylic acid groups (broad SMARTS) is 1. The van der Waals surface area contributed by atoms with E-state index in [4.69, 9.17) is 9.53 Å². The lowest BCUT2D eigenvalue weighted by Crippen LogP contribution is -2.45. The fourth-order valence-electron chi connectivity index (χ4n) is 3.70. The molecule has 1 N–H and O–H groups in total. The summed E-state index contributed by atoms with van der Waals surface area (Å²) in [5.41, 5.74) is 0.441. The molecule has 1 rings (SSSR count). The van der Waals surface area contributed by atoms with Gasteiger partial charge in [0.1, 0.15) is 0 Å². The Morgan fingerprint density at radius 1 is 1.14 bits per heavy atom. The van der Waals surface area contributed by atoms with Gasteiger partial charge in [0.05, 0.1) is 0 Å². The molecule has 1 unspecified atom stereocenters. The number of rotatable bonds is 7. The average molecular weight is 329 g/mol. The highest BCUT2D eigenvalue weighted by Crippen LogP contribution is 2.51. The van der Waals surface area contributed by atoms with E-state index in [2.05, 4.69) is 40.8 Å². The molecule has 0 aromatic carbocycles. The summed E-state index contributed by atoms with van der Waals surface area (Å²) in [5.74, 6) is 0.648. The Kier molecular flexibility index (Phi) is 7.12. The minimum Gasteiger partial charge on any atom is -0.481 e. The molecule has 0 amide bonds. The third-order valence-corrected chi connectivity index (χ3v) is 6.78. The van der Waals surface area contributed by atoms with Crippen molar-refractivity contribution >= 4 is 15.0 Å². The predicted molar refractivity (Wildman–Crippen MR) is 94.7 cm³/mol. The zero-order chi connectivity index (χ0) is 17.0. The fourth-order valence-corrected chi connectivity index (χ4v) is 4.38. The average Bonchev–Trinajstić information content (AvgIpc) is 2.41. The van der Waals surface area contributed by atoms with E-state index in [1.807, 2.05) is 0 Å². The second-order valence-corrected chi connectivity index (χ2v) is 11.1. The zero-order valence-corrected chi connectivity index (χ0v) is 16.6. The SMILES string of the molecule is C[SiH](C)OCC(C)([C@H]1CC[C@H](CCC(=O)O)CC1)C(C)(C)C. The maximum Gasteiger partial charge on any atom is 0.303 e. The third kappa shape index (κ3) is 5.38. The summed E-state index contributed by atoms with van der Waals surface area (Å²) in [6.45, 7) is 14.8. The summed E-state index contributed by atoms with van der Waals surface area (Å²) in [4.78, 5) is 10.7. The number of carboxylic acids is 1. The Morgan fingerprint density at radius 2 is 1.68 bits per heavy atom. The van der Waals surface area contributed by atoms with Crippen molar-refractivity contribution in [3.05, 3.63) is 0 Å². The van der Waals surface area contributed by atoms with Crippen LogP contribution in [-0.4, -0.2) is 26.7 Å². The molecule has 0 radical (unpaired) electrons. The van der Waals surface area contributed by atoms with Crippen LogP contribution in [0.2, 0.25) is 13.1 Å². The molecule has 1 saturated carbocycles. The summed E-state index contributed by atoms with van der Waals surface area (Å²) in [6, 6.07) is 0. The molecule has 4 heteroatoms. The van der Waals surface area contributed by atoms with E-state index in [-0.39, 0.29) is 10.8 Å². The highest BCUT2D eigenvalue weighted by atomic mass is 28.3. The maximum absolute atomic E-state index is 10.7. The van der Waals surface area contributed by atoms with Gasteiger partial charge in [-0.3, -0.25) is 4.79 Å². The summed E-state index contributed by atoms with van der Waals surface area (Å²) in [6.07, 6.45) is 5.99. The van der Waals surface area contributed by atoms with Crippen molar-refractivity contribution in [3.63, 3.8) is 0 Å². The minimum atomic E-state index is -0.997. The van der Waals surface area contributed by atoms with Crippen LogP contribution in [-0.2, 0) is 9.22 Å². The first kappa shape index (κ1) is 19.7. The second-order valence-electron chi connectivity index (χ2n) is 8.68. The summed E-state index contributed by atoms with van der Waals surface area (Å²) >= 11 is 0. The van der Waals surface area contributed by atoms with Gasteiger partial charge in [-0.15, -0.1) is 0 Å². The molecule has 0 bridgehead atoms. The normalized spacial score (nSPS) is 26.0. The molecule has 1 aliphatic carbocycles. The van der Waals surface area contributed by atoms with Crippen molar-refractivity contribution < 1.29 is 14.3 Å². The highest BCUT2D eigenvalue weighted by Gasteiger charge is 2.45. The first-order valence-electron chi connectivity index (χ1n) is 8.89. The molecule has 1 aliphatic rings. The van der Waals surface area contributed by atoms with Crippen LogP contribution in [0.25, 0.3) is 0 Å². The van der Waals surface area contributed by atoms with Gasteiger partial charge in [-0.1, -0.05) is 40.5 Å². The first-order chi connectivity index (χ1) is 10.1. The molecule has 0 aromatic heterocycles. The minimum absolute atomic E-state index is 0.210. The smallest absolute Gasteiger partial charge is 0.303 e. The van der Waals surface area contributed by atoms with Crippen LogP contribution in [0.5, 0.6) is 0 Å². The maximum atomic E-state index is 10.7. The lowest BCUT2D eigenvalue weighted by Gasteiger charge is -2.50. The van der Waals surface area contributed by atoms with E-state index >= 15 is 0 Å². The summed E-state index contributed by atoms with van der Waals surface area (Å²) in [7, 11) is -0.997. The Morgan fingerprint density at radius 3 is 2.09 bits per heavy atom. The van der Waals surface area contributed by atoms with Gasteiger partial charge in [0.2, 0.25) is 0 Å². The predicted octanol–water partition coefficient (Wildman–Crippen LogP) is 4.71. The Balaban J connectivity index is 2.64. The number of aliphatic carboxylic acids is 1. The van der Waals surface area contributed by atoms with Gasteiger partial charge in [0, 0.05) is 13.0 Å². The molecule has 130 valence electrons. The lowest BCUT2D eigenvalue weighted by molar-refractivity contribution is -0.137. The first-order valence-corrected chi connectivity index (χ1v) is 11.7. The fraction of sp³-hybridized carbons (Fsp3) is 0.944. The quantitative estimate of drug-likeness (QED) is 0.688. The van der Waals surface area contributed by atoms with Crippen LogP contribution in [0.3, 0.4) is 0 Å². The molecule has 1 atom stereocenters. The van der Waals surface area contributed by atoms with Crippen LogP contribution >= 0.6 is 0 Å². The van der Waals surface area contributed by atoms with Crippen molar-refractivity contribution in [1.82, 2.24) is 0 Å². The zero-order valence-electron chi connectivity index (χ0n) is 15.4. The van der Waals surface area contributed by atoms with E-state index in [9.17, 15) is 4.79 Å². The monoisotopic (exact) mass is 328 g/mol. The van der Waals surface area contributed by atoms with E-state index in [1.165, 1.54) is 25.7 Å². The van der Waals surface area contributed by atoms with Gasteiger partial charge in [-0.25, -0.2) is 0 Å². The van der Waals surface area contributed by atoms with Crippen molar-refractivity contribution in [2.24, 2.45) is 22.7 Å². The van der Waals surface area contributed by atoms with Crippen LogP contribution < -0.4 is 0 Å². The number of carbonyl (C=O) groups is 1. The van der Waals surface area contributed by atoms with Gasteiger partial charge in [-0.05, 0) is 55.0 Å². The molecule has 0 heterocycles. The lowest BCUT2D eigenvalue weighted by atomic mass is 9.57. The molecule has 3 nitrogen and oxygen atoms in total. The van der Waals surface area contributed by atoms with Crippen LogP contribution in [0.4, 0.5) is 0 Å². The van der Waals surface area contributed by atoms with Crippen LogP contribution in [0.1, 0.15) is 66.2 Å². The van der Waals surface area contributed by atoms with E-state index in [0.29, 0.717) is 18.3 Å². The van der Waals surface area contributed by atoms with Crippen LogP contribution in [0.15, 0.2) is 0 Å². The number of hydrogen-bond donors (Lipinski definition) is 1. The van der Waals surface area contributed by atoms with Gasteiger partial charge >= 0.3 is 5.97 Å². The Bertz CT molecular complexity index is 354. The topological polar surface area (TPSA) is 46.5 Å². The van der Waals surface area contributed by atoms with Crippen molar-refractivity contribution in [3.8, 4) is 0 Å². The van der Waals surface area contributed by atoms with Crippen LogP contribution in [0, 0.1) is 22.7 Å². The summed E-state index contributed by atoms with van der Waals surface area (Å²) in [5, 5.41) is 8.84. The Hall–Kier alpha value is -0.353. The molecular weight excluding hydrogens is 292 g/mol. The summed E-state index contributed by atoms with van der Waals surface area (Å²) < 4.78 is 6.15. The van der Waals surface area contributed by atoms with Gasteiger partial charge in [0.25, 0.3) is 0 Å². The van der Waals surface area contributed by atoms with E-state index < -0.39 is 15.0 Å². The van der Waals surface area contributed by atoms with Gasteiger partial charge < -0.3 is 9.53 Å². The molecule has 0 saturated heterocycles. The molecule has 22 heavy (non-hydrogen) atoms. The molecule has 0 aliphatic heterocycles. The third-order valence-electron chi connectivity index (χ3n) is 5.94. The van der Waals surface area contributed by atoms with E-state index in [1.54, 1.807) is 0 Å². The highest BCUT2D eigenvalue weighted by molar-refractivity contribution is 6.48. The standard InChI is InChI=1S/C18H36O3Si/c1-17(2,3)18(4,13-21-22(5)6)15-10-7-14(8-11-15)9-12-16(19)20/h14-15,22H,7-13H2,1-6H3,(H,19,20)/t14-,15-,18?. The number of hydrogen-bond acceptors (Lipinski definition) is 2. The van der Waals surface area contributed by atoms with Gasteiger partial charge in [0.15, 0.2) is 9.04 Å².